The van der Waals surface area contributed by atoms with E-state index < -0.39 is 0 Å². The van der Waals surface area contributed by atoms with Crippen LogP contribution in [0.25, 0.3) is 11.3 Å². The van der Waals surface area contributed by atoms with E-state index in [9.17, 15) is 4.79 Å². The van der Waals surface area contributed by atoms with Crippen LogP contribution in [0.4, 0.5) is 0 Å². The summed E-state index contributed by atoms with van der Waals surface area (Å²) >= 11 is 0. The zero-order valence-electron chi connectivity index (χ0n) is 21.7. The fraction of sp³-hybridized carbons (Fsp3) is 0.600. The summed E-state index contributed by atoms with van der Waals surface area (Å²) in [7, 11) is 0. The lowest BCUT2D eigenvalue weighted by atomic mass is 10.0. The maximum atomic E-state index is 12.1. The van der Waals surface area contributed by atoms with E-state index in [1.807, 2.05) is 36.4 Å². The van der Waals surface area contributed by atoms with Gasteiger partial charge < -0.3 is 9.47 Å². The molecule has 1 aromatic carbocycles. The van der Waals surface area contributed by atoms with Gasteiger partial charge in [-0.15, -0.1) is 0 Å². The van der Waals surface area contributed by atoms with Gasteiger partial charge in [0.2, 0.25) is 0 Å². The Morgan fingerprint density at radius 2 is 1.50 bits per heavy atom. The van der Waals surface area contributed by atoms with Crippen LogP contribution in [0.15, 0.2) is 42.6 Å². The van der Waals surface area contributed by atoms with Gasteiger partial charge in [-0.1, -0.05) is 85.0 Å². The Kier molecular flexibility index (Phi) is 14.0. The summed E-state index contributed by atoms with van der Waals surface area (Å²) in [6, 6.07) is 11.5. The Bertz CT molecular complexity index is 786. The number of unbranched alkanes of at least 4 members (excludes halogenated alkanes) is 8. The smallest absolute Gasteiger partial charge is 0.311 e. The lowest BCUT2D eigenvalue weighted by molar-refractivity contribution is -0.134. The Balaban J connectivity index is 1.66. The first kappa shape index (κ1) is 27.9. The molecule has 0 saturated carbocycles. The predicted octanol–water partition coefficient (Wildman–Crippen LogP) is 8.78. The van der Waals surface area contributed by atoms with Gasteiger partial charge in [0.05, 0.1) is 18.5 Å². The molecule has 4 heteroatoms. The summed E-state index contributed by atoms with van der Waals surface area (Å²) in [5.41, 5.74) is 1.87. The predicted molar refractivity (Wildman–Crippen MR) is 141 cm³/mol. The fourth-order valence-corrected chi connectivity index (χ4v) is 3.90. The highest BCUT2D eigenvalue weighted by Gasteiger charge is 2.07. The molecule has 0 aliphatic carbocycles. The molecule has 2 aromatic rings. The normalized spacial score (nSPS) is 11.9. The molecule has 0 bridgehead atoms. The molecule has 1 heterocycles. The molecule has 0 aliphatic rings. The SMILES string of the molecule is CCCCCCCCCCOc1ccc(-c2ccc(OC(=O)CCCCC(C)CC)cc2)nc1. The first-order valence-electron chi connectivity index (χ1n) is 13.5. The summed E-state index contributed by atoms with van der Waals surface area (Å²) in [6.45, 7) is 7.46. The number of carbonyl (C=O) groups is 1. The van der Waals surface area contributed by atoms with Crippen LogP contribution in [-0.2, 0) is 4.79 Å². The molecule has 1 unspecified atom stereocenters. The Morgan fingerprint density at radius 1 is 0.824 bits per heavy atom. The van der Waals surface area contributed by atoms with Crippen LogP contribution < -0.4 is 9.47 Å². The minimum absolute atomic E-state index is 0.159. The van der Waals surface area contributed by atoms with E-state index in [1.54, 1.807) is 6.20 Å². The van der Waals surface area contributed by atoms with Gasteiger partial charge in [-0.3, -0.25) is 9.78 Å². The molecule has 4 nitrogen and oxygen atoms in total. The average Bonchev–Trinajstić information content (AvgIpc) is 2.86. The summed E-state index contributed by atoms with van der Waals surface area (Å²) < 4.78 is 11.3. The number of benzene rings is 1. The van der Waals surface area contributed by atoms with E-state index in [0.717, 1.165) is 48.8 Å². The minimum Gasteiger partial charge on any atom is -0.492 e. The standard InChI is InChI=1S/C30H45NO3/c1-4-6-7-8-9-10-11-14-23-33-28-21-22-29(31-24-28)26-17-19-27(20-18-26)34-30(32)16-13-12-15-25(3)5-2/h17-22,24-25H,4-16,23H2,1-3H3. The van der Waals surface area contributed by atoms with Crippen LogP contribution in [0.5, 0.6) is 11.5 Å². The van der Waals surface area contributed by atoms with Gasteiger partial charge in [0, 0.05) is 12.0 Å². The quantitative estimate of drug-likeness (QED) is 0.125. The third-order valence-electron chi connectivity index (χ3n) is 6.41. The first-order valence-corrected chi connectivity index (χ1v) is 13.5. The lowest BCUT2D eigenvalue weighted by Gasteiger charge is -2.09. The summed E-state index contributed by atoms with van der Waals surface area (Å²) in [5, 5.41) is 0. The van der Waals surface area contributed by atoms with Crippen molar-refractivity contribution in [2.75, 3.05) is 6.61 Å². The molecule has 188 valence electrons. The van der Waals surface area contributed by atoms with Crippen molar-refractivity contribution < 1.29 is 14.3 Å². The first-order chi connectivity index (χ1) is 16.6. The second-order valence-corrected chi connectivity index (χ2v) is 9.46. The molecule has 1 aromatic heterocycles. The molecule has 0 saturated heterocycles. The highest BCUT2D eigenvalue weighted by molar-refractivity contribution is 5.72. The van der Waals surface area contributed by atoms with Gasteiger partial charge in [0.25, 0.3) is 0 Å². The number of esters is 1. The van der Waals surface area contributed by atoms with E-state index in [0.29, 0.717) is 12.2 Å². The van der Waals surface area contributed by atoms with Crippen LogP contribution in [0.3, 0.4) is 0 Å². The molecule has 0 radical (unpaired) electrons. The molecule has 2 rings (SSSR count). The Hall–Kier alpha value is -2.36. The maximum absolute atomic E-state index is 12.1. The molecule has 1 atom stereocenters. The molecule has 0 spiro atoms. The Labute approximate surface area is 207 Å². The van der Waals surface area contributed by atoms with Crippen LogP contribution in [0.1, 0.15) is 104 Å². The molecule has 0 N–H and O–H groups in total. The van der Waals surface area contributed by atoms with Crippen molar-refractivity contribution in [2.24, 2.45) is 5.92 Å². The van der Waals surface area contributed by atoms with Crippen molar-refractivity contribution >= 4 is 5.97 Å². The highest BCUT2D eigenvalue weighted by Crippen LogP contribution is 2.23. The van der Waals surface area contributed by atoms with Crippen LogP contribution in [-0.4, -0.2) is 17.6 Å². The van der Waals surface area contributed by atoms with Gasteiger partial charge in [-0.2, -0.15) is 0 Å². The molecule has 34 heavy (non-hydrogen) atoms. The number of aromatic nitrogens is 1. The van der Waals surface area contributed by atoms with Gasteiger partial charge in [0.1, 0.15) is 11.5 Å². The second-order valence-electron chi connectivity index (χ2n) is 9.46. The molecule has 0 aliphatic heterocycles. The summed E-state index contributed by atoms with van der Waals surface area (Å²) in [5.74, 6) is 1.97. The van der Waals surface area contributed by atoms with E-state index in [2.05, 4.69) is 25.8 Å². The van der Waals surface area contributed by atoms with E-state index in [4.69, 9.17) is 9.47 Å². The van der Waals surface area contributed by atoms with Crippen LogP contribution in [0, 0.1) is 5.92 Å². The van der Waals surface area contributed by atoms with Crippen molar-refractivity contribution in [1.29, 1.82) is 0 Å². The van der Waals surface area contributed by atoms with E-state index in [-0.39, 0.29) is 5.97 Å². The maximum Gasteiger partial charge on any atom is 0.311 e. The van der Waals surface area contributed by atoms with Crippen molar-refractivity contribution in [3.63, 3.8) is 0 Å². The highest BCUT2D eigenvalue weighted by atomic mass is 16.5. The molecule has 0 amide bonds. The topological polar surface area (TPSA) is 48.4 Å². The third kappa shape index (κ3) is 11.7. The van der Waals surface area contributed by atoms with Gasteiger partial charge in [-0.25, -0.2) is 0 Å². The largest absolute Gasteiger partial charge is 0.492 e. The van der Waals surface area contributed by atoms with Crippen molar-refractivity contribution in [3.05, 3.63) is 42.6 Å². The molecular formula is C30H45NO3. The molecule has 0 fully saturated rings. The zero-order valence-corrected chi connectivity index (χ0v) is 21.7. The average molecular weight is 468 g/mol. The van der Waals surface area contributed by atoms with Crippen LogP contribution >= 0.6 is 0 Å². The number of carbonyl (C=O) groups excluding carboxylic acids is 1. The summed E-state index contributed by atoms with van der Waals surface area (Å²) in [6.07, 6.45) is 17.0. The fourth-order valence-electron chi connectivity index (χ4n) is 3.90. The number of hydrogen-bond donors (Lipinski definition) is 0. The number of ether oxygens (including phenoxy) is 2. The lowest BCUT2D eigenvalue weighted by Crippen LogP contribution is -2.07. The number of rotatable bonds is 18. The minimum atomic E-state index is -0.159. The van der Waals surface area contributed by atoms with Crippen molar-refractivity contribution in [2.45, 2.75) is 104 Å². The van der Waals surface area contributed by atoms with Crippen LogP contribution in [0.2, 0.25) is 0 Å². The van der Waals surface area contributed by atoms with Crippen molar-refractivity contribution in [3.8, 4) is 22.8 Å². The van der Waals surface area contributed by atoms with Gasteiger partial charge >= 0.3 is 5.97 Å². The number of pyridine rings is 1. The molecular weight excluding hydrogens is 422 g/mol. The number of hydrogen-bond acceptors (Lipinski definition) is 4. The van der Waals surface area contributed by atoms with Gasteiger partial charge in [0.15, 0.2) is 0 Å². The third-order valence-corrected chi connectivity index (χ3v) is 6.41. The summed E-state index contributed by atoms with van der Waals surface area (Å²) in [4.78, 5) is 16.6. The van der Waals surface area contributed by atoms with E-state index in [1.165, 1.54) is 57.8 Å². The van der Waals surface area contributed by atoms with E-state index >= 15 is 0 Å². The van der Waals surface area contributed by atoms with Crippen molar-refractivity contribution in [1.82, 2.24) is 4.98 Å². The second kappa shape index (κ2) is 17.1. The van der Waals surface area contributed by atoms with Gasteiger partial charge in [-0.05, 0) is 55.2 Å². The Morgan fingerprint density at radius 3 is 2.15 bits per heavy atom. The number of nitrogens with zero attached hydrogens (tertiary/aromatic N) is 1. The monoisotopic (exact) mass is 467 g/mol. The zero-order chi connectivity index (χ0) is 24.4.